The van der Waals surface area contributed by atoms with Crippen LogP contribution in [-0.4, -0.2) is 30.3 Å². The van der Waals surface area contributed by atoms with Crippen LogP contribution in [0, 0.1) is 5.41 Å². The minimum absolute atomic E-state index is 0.0145. The summed E-state index contributed by atoms with van der Waals surface area (Å²) in [5.74, 6) is -0.543. The van der Waals surface area contributed by atoms with Gasteiger partial charge in [-0.05, 0) is 6.42 Å². The number of carbonyl (C=O) groups excluding carboxylic acids is 2. The fourth-order valence-electron chi connectivity index (χ4n) is 1.20. The van der Waals surface area contributed by atoms with Crippen LogP contribution in [0.4, 0.5) is 0 Å². The quantitative estimate of drug-likeness (QED) is 0.706. The van der Waals surface area contributed by atoms with Gasteiger partial charge in [-0.2, -0.15) is 8.42 Å². The second-order valence-corrected chi connectivity index (χ2v) is 6.67. The molecular formula is C11H20O5S. The zero-order chi connectivity index (χ0) is 13.7. The molecular weight excluding hydrogens is 244 g/mol. The standard InChI is InChI=1S/C11H20O5S/c1-11(2,3)10(13)7-6-9(12)5-4-8-17(14,15)16/h4-8H2,1-3H3,(H,14,15,16). The lowest BCUT2D eigenvalue weighted by molar-refractivity contribution is -0.129. The highest BCUT2D eigenvalue weighted by Gasteiger charge is 2.21. The topological polar surface area (TPSA) is 88.5 Å². The average molecular weight is 264 g/mol. The van der Waals surface area contributed by atoms with Gasteiger partial charge in [0.1, 0.15) is 11.6 Å². The molecule has 0 bridgehead atoms. The minimum atomic E-state index is -3.99. The lowest BCUT2D eigenvalue weighted by Crippen LogP contribution is -2.20. The number of hydrogen-bond donors (Lipinski definition) is 1. The van der Waals surface area contributed by atoms with Gasteiger partial charge in [-0.15, -0.1) is 0 Å². The molecule has 1 N–H and O–H groups in total. The van der Waals surface area contributed by atoms with Crippen LogP contribution in [0.2, 0.25) is 0 Å². The minimum Gasteiger partial charge on any atom is -0.300 e. The molecule has 0 atom stereocenters. The van der Waals surface area contributed by atoms with Crippen molar-refractivity contribution in [2.75, 3.05) is 5.75 Å². The van der Waals surface area contributed by atoms with Crippen LogP contribution in [0.15, 0.2) is 0 Å². The first-order valence-corrected chi connectivity index (χ1v) is 7.13. The Kier molecular flexibility index (Phi) is 5.98. The second-order valence-electron chi connectivity index (χ2n) is 5.10. The van der Waals surface area contributed by atoms with Gasteiger partial charge in [-0.1, -0.05) is 20.8 Å². The first-order valence-electron chi connectivity index (χ1n) is 5.52. The van der Waals surface area contributed by atoms with E-state index in [2.05, 4.69) is 0 Å². The lowest BCUT2D eigenvalue weighted by atomic mass is 9.87. The third-order valence-corrected chi connectivity index (χ3v) is 3.13. The zero-order valence-electron chi connectivity index (χ0n) is 10.5. The number of ketones is 2. The van der Waals surface area contributed by atoms with E-state index in [0.717, 1.165) is 0 Å². The van der Waals surface area contributed by atoms with Gasteiger partial charge in [0.05, 0.1) is 5.75 Å². The molecule has 0 aromatic carbocycles. The summed E-state index contributed by atoms with van der Waals surface area (Å²) < 4.78 is 29.3. The molecule has 5 nitrogen and oxygen atoms in total. The largest absolute Gasteiger partial charge is 0.300 e. The molecule has 0 saturated carbocycles. The summed E-state index contributed by atoms with van der Waals surface area (Å²) in [6.07, 6.45) is 0.508. The van der Waals surface area contributed by atoms with Gasteiger partial charge in [-0.25, -0.2) is 0 Å². The van der Waals surface area contributed by atoms with Gasteiger partial charge in [0.15, 0.2) is 0 Å². The van der Waals surface area contributed by atoms with Crippen molar-refractivity contribution in [1.29, 1.82) is 0 Å². The molecule has 6 heteroatoms. The normalized spacial score (nSPS) is 12.5. The molecule has 0 saturated heterocycles. The highest BCUT2D eigenvalue weighted by molar-refractivity contribution is 7.85. The molecule has 0 amide bonds. The average Bonchev–Trinajstić information content (AvgIpc) is 2.10. The molecule has 0 unspecified atom stereocenters. The van der Waals surface area contributed by atoms with E-state index in [-0.39, 0.29) is 37.2 Å². The maximum atomic E-state index is 11.5. The van der Waals surface area contributed by atoms with Crippen molar-refractivity contribution >= 4 is 21.7 Å². The molecule has 0 aliphatic carbocycles. The summed E-state index contributed by atoms with van der Waals surface area (Å²) in [4.78, 5) is 22.8. The molecule has 0 aliphatic rings. The van der Waals surface area contributed by atoms with E-state index < -0.39 is 21.3 Å². The Labute approximate surface area is 102 Å². The van der Waals surface area contributed by atoms with E-state index in [1.165, 1.54) is 0 Å². The fourth-order valence-corrected chi connectivity index (χ4v) is 1.71. The third-order valence-electron chi connectivity index (χ3n) is 2.33. The van der Waals surface area contributed by atoms with Gasteiger partial charge in [0.2, 0.25) is 0 Å². The zero-order valence-corrected chi connectivity index (χ0v) is 11.3. The summed E-state index contributed by atoms with van der Waals surface area (Å²) in [6.45, 7) is 5.37. The van der Waals surface area contributed by atoms with Crippen molar-refractivity contribution in [1.82, 2.24) is 0 Å². The van der Waals surface area contributed by atoms with Crippen molar-refractivity contribution in [2.24, 2.45) is 5.41 Å². The van der Waals surface area contributed by atoms with E-state index in [1.54, 1.807) is 20.8 Å². The molecule has 0 aromatic heterocycles. The second kappa shape index (κ2) is 6.26. The van der Waals surface area contributed by atoms with Crippen molar-refractivity contribution < 1.29 is 22.6 Å². The van der Waals surface area contributed by atoms with Crippen molar-refractivity contribution in [3.8, 4) is 0 Å². The van der Waals surface area contributed by atoms with Crippen molar-refractivity contribution in [2.45, 2.75) is 46.5 Å². The summed E-state index contributed by atoms with van der Waals surface area (Å²) in [5.41, 5.74) is -0.450. The van der Waals surface area contributed by atoms with Crippen LogP contribution in [0.1, 0.15) is 46.5 Å². The van der Waals surface area contributed by atoms with Crippen LogP contribution < -0.4 is 0 Å². The van der Waals surface area contributed by atoms with E-state index in [0.29, 0.717) is 0 Å². The molecule has 100 valence electrons. The highest BCUT2D eigenvalue weighted by atomic mass is 32.2. The third kappa shape index (κ3) is 9.00. The number of carbonyl (C=O) groups is 2. The van der Waals surface area contributed by atoms with Crippen LogP contribution in [0.5, 0.6) is 0 Å². The van der Waals surface area contributed by atoms with E-state index in [1.807, 2.05) is 0 Å². The number of hydrogen-bond acceptors (Lipinski definition) is 4. The summed E-state index contributed by atoms with van der Waals surface area (Å²) >= 11 is 0. The highest BCUT2D eigenvalue weighted by Crippen LogP contribution is 2.18. The monoisotopic (exact) mass is 264 g/mol. The SMILES string of the molecule is CC(C)(C)C(=O)CCC(=O)CCCS(=O)(=O)O. The Morgan fingerprint density at radius 3 is 2.00 bits per heavy atom. The molecule has 17 heavy (non-hydrogen) atoms. The summed E-state index contributed by atoms with van der Waals surface area (Å²) in [7, 11) is -3.99. The Morgan fingerprint density at radius 2 is 1.59 bits per heavy atom. The van der Waals surface area contributed by atoms with E-state index in [9.17, 15) is 18.0 Å². The van der Waals surface area contributed by atoms with Crippen LogP contribution in [0.3, 0.4) is 0 Å². The first-order chi connectivity index (χ1) is 7.52. The smallest absolute Gasteiger partial charge is 0.264 e. The van der Waals surface area contributed by atoms with Crippen LogP contribution >= 0.6 is 0 Å². The molecule has 0 aliphatic heterocycles. The molecule has 0 heterocycles. The Bertz CT molecular complexity index is 375. The molecule has 0 rings (SSSR count). The van der Waals surface area contributed by atoms with Crippen molar-refractivity contribution in [3.05, 3.63) is 0 Å². The van der Waals surface area contributed by atoms with Crippen LogP contribution in [0.25, 0.3) is 0 Å². The molecule has 0 fully saturated rings. The fraction of sp³-hybridized carbons (Fsp3) is 0.818. The van der Waals surface area contributed by atoms with E-state index >= 15 is 0 Å². The van der Waals surface area contributed by atoms with Gasteiger partial charge < -0.3 is 0 Å². The first kappa shape index (κ1) is 16.2. The summed E-state index contributed by atoms with van der Waals surface area (Å²) in [6, 6.07) is 0. The Hall–Kier alpha value is -0.750. The molecule has 0 spiro atoms. The van der Waals surface area contributed by atoms with Gasteiger partial charge in [0, 0.05) is 24.7 Å². The van der Waals surface area contributed by atoms with Gasteiger partial charge in [0.25, 0.3) is 10.1 Å². The summed E-state index contributed by atoms with van der Waals surface area (Å²) in [5, 5.41) is 0. The maximum absolute atomic E-state index is 11.5. The van der Waals surface area contributed by atoms with E-state index in [4.69, 9.17) is 4.55 Å². The predicted octanol–water partition coefficient (Wildman–Crippen LogP) is 1.62. The Balaban J connectivity index is 3.86. The molecule has 0 aromatic rings. The predicted molar refractivity (Wildman–Crippen MR) is 64.4 cm³/mol. The number of Topliss-reactive ketones (excluding diaryl/α,β-unsaturated/α-hetero) is 2. The Morgan fingerprint density at radius 1 is 1.06 bits per heavy atom. The van der Waals surface area contributed by atoms with Gasteiger partial charge >= 0.3 is 0 Å². The van der Waals surface area contributed by atoms with Gasteiger partial charge in [-0.3, -0.25) is 14.1 Å². The molecule has 0 radical (unpaired) electrons. The van der Waals surface area contributed by atoms with Crippen LogP contribution in [-0.2, 0) is 19.7 Å². The lowest BCUT2D eigenvalue weighted by Gasteiger charge is -2.15. The maximum Gasteiger partial charge on any atom is 0.264 e. The number of rotatable bonds is 7. The van der Waals surface area contributed by atoms with Crippen molar-refractivity contribution in [3.63, 3.8) is 0 Å².